The monoisotopic (exact) mass is 376 g/mol. The van der Waals surface area contributed by atoms with E-state index < -0.39 is 10.0 Å². The Hall–Kier alpha value is -1.19. The summed E-state index contributed by atoms with van der Waals surface area (Å²) >= 11 is 4.47. The van der Waals surface area contributed by atoms with E-state index in [9.17, 15) is 8.42 Å². The highest BCUT2D eigenvalue weighted by atomic mass is 79.9. The standard InChI is InChI=1S/C11H13BrN4O2S2/c1-3-13-10-9(4-8(12)5-14-10)20(17,18)16-11-15-7(2)6-19-11/h4-6H,3H2,1-2H3,(H,13,14)(H,15,16). The number of aromatic nitrogens is 2. The molecule has 0 aliphatic rings. The van der Waals surface area contributed by atoms with E-state index in [0.29, 0.717) is 22.0 Å². The third-order valence-electron chi connectivity index (χ3n) is 2.29. The maximum Gasteiger partial charge on any atom is 0.267 e. The molecule has 0 aliphatic heterocycles. The Morgan fingerprint density at radius 2 is 2.20 bits per heavy atom. The van der Waals surface area contributed by atoms with Crippen LogP contribution in [0.3, 0.4) is 0 Å². The molecule has 2 N–H and O–H groups in total. The zero-order valence-electron chi connectivity index (χ0n) is 10.8. The van der Waals surface area contributed by atoms with E-state index in [2.05, 4.69) is 35.9 Å². The van der Waals surface area contributed by atoms with Gasteiger partial charge in [0.25, 0.3) is 10.0 Å². The van der Waals surface area contributed by atoms with Gasteiger partial charge in [-0.05, 0) is 35.8 Å². The average Bonchev–Trinajstić information content (AvgIpc) is 2.76. The molecule has 9 heteroatoms. The van der Waals surface area contributed by atoms with Crippen molar-refractivity contribution in [1.82, 2.24) is 9.97 Å². The Balaban J connectivity index is 2.40. The number of sulfonamides is 1. The first-order chi connectivity index (χ1) is 9.42. The maximum absolute atomic E-state index is 12.4. The Labute approximate surface area is 129 Å². The van der Waals surface area contributed by atoms with Crippen LogP contribution in [0.2, 0.25) is 0 Å². The van der Waals surface area contributed by atoms with Crippen LogP contribution in [0.4, 0.5) is 10.9 Å². The molecule has 6 nitrogen and oxygen atoms in total. The number of thiazole rings is 1. The highest BCUT2D eigenvalue weighted by Crippen LogP contribution is 2.26. The zero-order valence-corrected chi connectivity index (χ0v) is 14.1. The molecule has 0 radical (unpaired) electrons. The molecule has 0 amide bonds. The molecule has 0 atom stereocenters. The average molecular weight is 377 g/mol. The topological polar surface area (TPSA) is 84.0 Å². The number of pyridine rings is 1. The van der Waals surface area contributed by atoms with E-state index in [1.807, 2.05) is 6.92 Å². The molecule has 0 bridgehead atoms. The number of hydrogen-bond acceptors (Lipinski definition) is 6. The van der Waals surface area contributed by atoms with Crippen LogP contribution in [0.25, 0.3) is 0 Å². The Kier molecular flexibility index (Phi) is 4.61. The Morgan fingerprint density at radius 1 is 1.45 bits per heavy atom. The first-order valence-electron chi connectivity index (χ1n) is 5.76. The van der Waals surface area contributed by atoms with Gasteiger partial charge in [-0.2, -0.15) is 0 Å². The van der Waals surface area contributed by atoms with Crippen LogP contribution >= 0.6 is 27.3 Å². The lowest BCUT2D eigenvalue weighted by molar-refractivity contribution is 0.601. The van der Waals surface area contributed by atoms with Gasteiger partial charge in [-0.15, -0.1) is 11.3 Å². The minimum atomic E-state index is -3.73. The Bertz CT molecular complexity index is 715. The maximum atomic E-state index is 12.4. The van der Waals surface area contributed by atoms with Gasteiger partial charge in [-0.25, -0.2) is 18.4 Å². The second-order valence-electron chi connectivity index (χ2n) is 3.93. The molecule has 0 aromatic carbocycles. The lowest BCUT2D eigenvalue weighted by Gasteiger charge is -2.11. The number of nitrogens with zero attached hydrogens (tertiary/aromatic N) is 2. The molecule has 0 fully saturated rings. The summed E-state index contributed by atoms with van der Waals surface area (Å²) in [4.78, 5) is 8.27. The van der Waals surface area contributed by atoms with Crippen LogP contribution in [0.5, 0.6) is 0 Å². The van der Waals surface area contributed by atoms with Crippen LogP contribution < -0.4 is 10.0 Å². The number of rotatable bonds is 5. The molecular formula is C11H13BrN4O2S2. The normalized spacial score (nSPS) is 11.3. The zero-order chi connectivity index (χ0) is 14.8. The molecular weight excluding hydrogens is 364 g/mol. The van der Waals surface area contributed by atoms with Crippen molar-refractivity contribution in [3.05, 3.63) is 27.8 Å². The molecule has 108 valence electrons. The van der Waals surface area contributed by atoms with Crippen LogP contribution in [-0.4, -0.2) is 24.9 Å². The largest absolute Gasteiger partial charge is 0.369 e. The number of hydrogen-bond donors (Lipinski definition) is 2. The number of anilines is 2. The van der Waals surface area contributed by atoms with Crippen molar-refractivity contribution in [1.29, 1.82) is 0 Å². The SMILES string of the molecule is CCNc1ncc(Br)cc1S(=O)(=O)Nc1nc(C)cs1. The van der Waals surface area contributed by atoms with E-state index in [1.165, 1.54) is 17.4 Å². The molecule has 2 rings (SSSR count). The van der Waals surface area contributed by atoms with Gasteiger partial charge in [-0.1, -0.05) is 0 Å². The van der Waals surface area contributed by atoms with E-state index in [1.54, 1.807) is 18.5 Å². The van der Waals surface area contributed by atoms with Gasteiger partial charge >= 0.3 is 0 Å². The van der Waals surface area contributed by atoms with Crippen molar-refractivity contribution in [2.24, 2.45) is 0 Å². The smallest absolute Gasteiger partial charge is 0.267 e. The lowest BCUT2D eigenvalue weighted by atomic mass is 10.4. The van der Waals surface area contributed by atoms with E-state index in [0.717, 1.165) is 5.69 Å². The van der Waals surface area contributed by atoms with Crippen LogP contribution in [-0.2, 0) is 10.0 Å². The molecule has 2 aromatic heterocycles. The minimum absolute atomic E-state index is 0.0848. The Morgan fingerprint density at radius 3 is 2.80 bits per heavy atom. The fourth-order valence-electron chi connectivity index (χ4n) is 1.50. The molecule has 0 saturated heterocycles. The number of nitrogens with one attached hydrogen (secondary N) is 2. The second kappa shape index (κ2) is 6.06. The van der Waals surface area contributed by atoms with Gasteiger partial charge in [0.15, 0.2) is 5.13 Å². The van der Waals surface area contributed by atoms with Gasteiger partial charge in [0.05, 0.1) is 5.69 Å². The number of aryl methyl sites for hydroxylation is 1. The summed E-state index contributed by atoms with van der Waals surface area (Å²) in [6.45, 7) is 4.25. The van der Waals surface area contributed by atoms with Crippen molar-refractivity contribution in [3.63, 3.8) is 0 Å². The molecule has 0 spiro atoms. The molecule has 2 heterocycles. The van der Waals surface area contributed by atoms with Crippen LogP contribution in [0.15, 0.2) is 27.0 Å². The van der Waals surface area contributed by atoms with Crippen LogP contribution in [0.1, 0.15) is 12.6 Å². The second-order valence-corrected chi connectivity index (χ2v) is 7.35. The fraction of sp³-hybridized carbons (Fsp3) is 0.273. The molecule has 0 aliphatic carbocycles. The summed E-state index contributed by atoms with van der Waals surface area (Å²) in [6.07, 6.45) is 1.55. The highest BCUT2D eigenvalue weighted by Gasteiger charge is 2.21. The van der Waals surface area contributed by atoms with Crippen molar-refractivity contribution in [2.75, 3.05) is 16.6 Å². The summed E-state index contributed by atoms with van der Waals surface area (Å²) in [5.41, 5.74) is 0.770. The summed E-state index contributed by atoms with van der Waals surface area (Å²) in [5.74, 6) is 0.316. The lowest BCUT2D eigenvalue weighted by Crippen LogP contribution is -2.16. The van der Waals surface area contributed by atoms with Gasteiger partial charge in [0.2, 0.25) is 0 Å². The van der Waals surface area contributed by atoms with Crippen molar-refractivity contribution in [2.45, 2.75) is 18.7 Å². The van der Waals surface area contributed by atoms with Crippen molar-refractivity contribution >= 4 is 48.2 Å². The van der Waals surface area contributed by atoms with Gasteiger partial charge in [0, 0.05) is 22.6 Å². The van der Waals surface area contributed by atoms with Gasteiger partial charge in [-0.3, -0.25) is 4.72 Å². The van der Waals surface area contributed by atoms with Crippen LogP contribution in [0, 0.1) is 6.92 Å². The molecule has 0 saturated carbocycles. The summed E-state index contributed by atoms with van der Waals surface area (Å²) in [5, 5.41) is 5.05. The van der Waals surface area contributed by atoms with Crippen molar-refractivity contribution in [3.8, 4) is 0 Å². The van der Waals surface area contributed by atoms with Gasteiger partial charge in [0.1, 0.15) is 10.7 Å². The molecule has 2 aromatic rings. The summed E-state index contributed by atoms with van der Waals surface area (Å²) < 4.78 is 27.9. The third kappa shape index (κ3) is 3.47. The number of halogens is 1. The predicted molar refractivity (Wildman–Crippen MR) is 83.8 cm³/mol. The minimum Gasteiger partial charge on any atom is -0.369 e. The van der Waals surface area contributed by atoms with Crippen molar-refractivity contribution < 1.29 is 8.42 Å². The first kappa shape index (κ1) is 15.2. The first-order valence-corrected chi connectivity index (χ1v) is 8.92. The molecule has 0 unspecified atom stereocenters. The van der Waals surface area contributed by atoms with E-state index in [-0.39, 0.29) is 4.90 Å². The summed E-state index contributed by atoms with van der Waals surface area (Å²) in [6, 6.07) is 1.51. The van der Waals surface area contributed by atoms with Gasteiger partial charge < -0.3 is 5.32 Å². The third-order valence-corrected chi connectivity index (χ3v) is 5.08. The fourth-order valence-corrected chi connectivity index (χ4v) is 4.08. The predicted octanol–water partition coefficient (Wildman–Crippen LogP) is 2.84. The highest BCUT2D eigenvalue weighted by molar-refractivity contribution is 9.10. The van der Waals surface area contributed by atoms with E-state index in [4.69, 9.17) is 0 Å². The molecule has 20 heavy (non-hydrogen) atoms. The summed E-state index contributed by atoms with van der Waals surface area (Å²) in [7, 11) is -3.73. The quantitative estimate of drug-likeness (QED) is 0.837. The van der Waals surface area contributed by atoms with E-state index >= 15 is 0 Å².